The smallest absolute Gasteiger partial charge is 0.306 e. The minimum Gasteiger partial charge on any atom is -0.481 e. The van der Waals surface area contributed by atoms with Gasteiger partial charge in [0.2, 0.25) is 0 Å². The zero-order chi connectivity index (χ0) is 35.8. The molecule has 49 heavy (non-hydrogen) atoms. The first-order valence-corrected chi connectivity index (χ1v) is 21.8. The van der Waals surface area contributed by atoms with Gasteiger partial charge in [-0.1, -0.05) is 66.5 Å². The fourth-order valence-electron chi connectivity index (χ4n) is 14.3. The molecule has 1 aliphatic heterocycles. The van der Waals surface area contributed by atoms with Crippen LogP contribution in [0.4, 0.5) is 0 Å². The molecule has 5 aliphatic carbocycles. The van der Waals surface area contributed by atoms with Crippen LogP contribution < -0.4 is 0 Å². The number of carboxylic acids is 1. The molecule has 0 radical (unpaired) electrons. The summed E-state index contributed by atoms with van der Waals surface area (Å²) in [6, 6.07) is 0. The van der Waals surface area contributed by atoms with E-state index in [1.807, 2.05) is 13.8 Å². The van der Waals surface area contributed by atoms with E-state index in [0.717, 1.165) is 24.7 Å². The molecule has 1 saturated heterocycles. The zero-order valence-electron chi connectivity index (χ0n) is 32.6. The minimum atomic E-state index is -0.864. The summed E-state index contributed by atoms with van der Waals surface area (Å²) in [6.45, 7) is 27.3. The lowest BCUT2D eigenvalue weighted by molar-refractivity contribution is -0.250. The highest BCUT2D eigenvalue weighted by Gasteiger charge is 2.71. The third-order valence-electron chi connectivity index (χ3n) is 17.0. The van der Waals surface area contributed by atoms with Gasteiger partial charge in [-0.2, -0.15) is 10.5 Å². The molecule has 5 saturated carbocycles. The van der Waals surface area contributed by atoms with E-state index in [0.29, 0.717) is 44.5 Å². The number of ether oxygens (including phenoxy) is 1. The van der Waals surface area contributed by atoms with E-state index < -0.39 is 11.4 Å². The Kier molecular flexibility index (Phi) is 10.0. The van der Waals surface area contributed by atoms with Crippen LogP contribution in [-0.2, 0) is 14.3 Å². The minimum absolute atomic E-state index is 0.0259. The van der Waals surface area contributed by atoms with E-state index >= 15 is 0 Å². The number of allylic oxidation sites excluding steroid dienone is 1. The molecule has 0 amide bonds. The Morgan fingerprint density at radius 1 is 0.878 bits per heavy atom. The van der Waals surface area contributed by atoms with Gasteiger partial charge in [-0.25, -0.2) is 0 Å². The van der Waals surface area contributed by atoms with Crippen molar-refractivity contribution in [2.24, 2.45) is 62.1 Å². The average molecular weight is 698 g/mol. The van der Waals surface area contributed by atoms with Crippen molar-refractivity contribution in [2.75, 3.05) is 31.1 Å². The highest BCUT2D eigenvalue weighted by molar-refractivity contribution is 8.14. The molecule has 0 unspecified atom stereocenters. The molecule has 1 N–H and O–H groups in total. The first-order valence-electron chi connectivity index (χ1n) is 20.0. The lowest BCUT2D eigenvalue weighted by atomic mass is 9.32. The zero-order valence-corrected chi connectivity index (χ0v) is 33.5. The fraction of sp³-hybridized carbons (Fsp3) is 0.884. The van der Waals surface area contributed by atoms with Gasteiger partial charge in [0.05, 0.1) is 12.8 Å². The molecule has 0 aromatic rings. The lowest BCUT2D eigenvalue weighted by Gasteiger charge is -2.73. The van der Waals surface area contributed by atoms with Crippen LogP contribution in [0.2, 0.25) is 0 Å². The number of carbonyl (C=O) groups excluding carboxylic acids is 1. The van der Waals surface area contributed by atoms with Crippen molar-refractivity contribution >= 4 is 28.3 Å². The van der Waals surface area contributed by atoms with Gasteiger partial charge in [-0.3, -0.25) is 9.59 Å². The summed E-state index contributed by atoms with van der Waals surface area (Å²) in [4.78, 5) is 27.4. The number of carbonyl (C=O) groups is 2. The summed E-state index contributed by atoms with van der Waals surface area (Å²) in [6.07, 6.45) is 14.1. The van der Waals surface area contributed by atoms with Crippen LogP contribution in [0.3, 0.4) is 0 Å². The van der Waals surface area contributed by atoms with Crippen molar-refractivity contribution in [3.05, 3.63) is 12.2 Å². The summed E-state index contributed by atoms with van der Waals surface area (Å²) >= 11 is 0. The Balaban J connectivity index is 1.21. The first-order chi connectivity index (χ1) is 22.8. The maximum Gasteiger partial charge on any atom is 0.306 e. The predicted molar refractivity (Wildman–Crippen MR) is 205 cm³/mol. The normalized spacial score (nSPS) is 43.8. The molecule has 0 bridgehead atoms. The molecule has 6 rings (SSSR count). The highest BCUT2D eigenvalue weighted by atomic mass is 32.2. The molecule has 10 atom stereocenters. The van der Waals surface area contributed by atoms with Crippen molar-refractivity contribution in [3.8, 4) is 0 Å². The highest BCUT2D eigenvalue weighted by Crippen LogP contribution is 2.78. The summed E-state index contributed by atoms with van der Waals surface area (Å²) in [5.41, 5.74) is 2.08. The molecule has 278 valence electrons. The summed E-state index contributed by atoms with van der Waals surface area (Å²) in [5.74, 6) is 9.28. The van der Waals surface area contributed by atoms with Gasteiger partial charge in [0, 0.05) is 30.0 Å². The van der Waals surface area contributed by atoms with Crippen molar-refractivity contribution in [2.45, 2.75) is 145 Å². The van der Waals surface area contributed by atoms with Crippen LogP contribution in [0.1, 0.15) is 139 Å². The maximum atomic E-state index is 13.2. The number of hydrogen-bond donors (Lipinski definition) is 1. The van der Waals surface area contributed by atoms with Gasteiger partial charge >= 0.3 is 11.9 Å². The van der Waals surface area contributed by atoms with E-state index in [1.165, 1.54) is 94.5 Å². The van der Waals surface area contributed by atoms with Crippen molar-refractivity contribution in [1.82, 2.24) is 4.90 Å². The van der Waals surface area contributed by atoms with Gasteiger partial charge in [0.15, 0.2) is 0 Å². The molecule has 5 nitrogen and oxygen atoms in total. The van der Waals surface area contributed by atoms with Gasteiger partial charge in [-0.05, 0) is 141 Å². The number of carboxylic acid groups (broad SMARTS) is 1. The second kappa shape index (κ2) is 13.1. The Hall–Kier alpha value is -1.14. The Labute approximate surface area is 302 Å². The van der Waals surface area contributed by atoms with Crippen LogP contribution in [0.25, 0.3) is 0 Å². The average Bonchev–Trinajstić information content (AvgIpc) is 3.38. The van der Waals surface area contributed by atoms with Crippen LogP contribution >= 0.6 is 10.5 Å². The molecular formula is C43H71NO4S. The number of rotatable bonds is 9. The van der Waals surface area contributed by atoms with E-state index in [2.05, 4.69) is 58.9 Å². The van der Waals surface area contributed by atoms with E-state index in [4.69, 9.17) is 4.74 Å². The van der Waals surface area contributed by atoms with E-state index in [-0.39, 0.29) is 35.7 Å². The van der Waals surface area contributed by atoms with Crippen LogP contribution in [0.5, 0.6) is 0 Å². The Morgan fingerprint density at radius 3 is 2.22 bits per heavy atom. The van der Waals surface area contributed by atoms with Crippen LogP contribution in [0, 0.1) is 62.1 Å². The van der Waals surface area contributed by atoms with Crippen LogP contribution in [0.15, 0.2) is 12.2 Å². The number of fused-ring (bicyclic) bond motifs is 7. The molecule has 0 aromatic carbocycles. The Bertz CT molecular complexity index is 1330. The standard InChI is InChI=1S/C43H71NO4S/c1-29(2)30-13-18-43(21-22-44-23-25-49(10)26-24-44)20-19-41(8)31(37(30)43)11-12-33-40(7)16-15-34(39(5,6)32(40)14-17-42(33,41)9)48-36(47)28-38(3,4)27-35(45)46/h30-34,37H,1,10-28H2,2-9H3,(H,45,46)/t30-,31+,32-,33+,34-,37+,40-,41+,42+,43+/m0/s1. The van der Waals surface area contributed by atoms with Crippen LogP contribution in [-0.4, -0.2) is 65.1 Å². The molecule has 1 heterocycles. The maximum absolute atomic E-state index is 13.2. The number of nitrogens with zero attached hydrogens (tertiary/aromatic N) is 1. The van der Waals surface area contributed by atoms with Crippen molar-refractivity contribution in [1.29, 1.82) is 0 Å². The molecule has 6 aliphatic rings. The SMILES string of the molecule is C=C(C)[C@@H]1CC[C@]2(CCN3CCS(=C)CC3)CC[C@]3(C)[C@H](CC[C@@H]4[C@@]5(C)CC[C@H](OC(=O)CC(C)(C)CC(=O)O)C(C)(C)[C@@H]5CC[C@]43C)[C@@H]12. The number of esters is 1. The van der Waals surface area contributed by atoms with Gasteiger partial charge in [0.25, 0.3) is 0 Å². The molecule has 0 aromatic heterocycles. The van der Waals surface area contributed by atoms with Crippen molar-refractivity contribution < 1.29 is 19.4 Å². The second-order valence-corrected chi connectivity index (χ2v) is 22.5. The second-order valence-electron chi connectivity index (χ2n) is 20.4. The van der Waals surface area contributed by atoms with Gasteiger partial charge in [-0.15, -0.1) is 0 Å². The third kappa shape index (κ3) is 6.35. The largest absolute Gasteiger partial charge is 0.481 e. The lowest BCUT2D eigenvalue weighted by Crippen LogP contribution is -2.66. The van der Waals surface area contributed by atoms with E-state index in [9.17, 15) is 14.7 Å². The van der Waals surface area contributed by atoms with Crippen molar-refractivity contribution in [3.63, 3.8) is 0 Å². The molecular weight excluding hydrogens is 627 g/mol. The third-order valence-corrected chi connectivity index (χ3v) is 18.5. The van der Waals surface area contributed by atoms with E-state index in [1.54, 1.807) is 0 Å². The quantitative estimate of drug-likeness (QED) is 0.148. The number of hydrogen-bond acceptors (Lipinski definition) is 4. The summed E-state index contributed by atoms with van der Waals surface area (Å²) in [7, 11) is 0.377. The monoisotopic (exact) mass is 698 g/mol. The predicted octanol–water partition coefficient (Wildman–Crippen LogP) is 9.85. The molecule has 6 fully saturated rings. The molecule has 0 spiro atoms. The summed E-state index contributed by atoms with van der Waals surface area (Å²) < 4.78 is 6.30. The molecule has 6 heteroatoms. The fourth-order valence-corrected chi connectivity index (χ4v) is 15.5. The van der Waals surface area contributed by atoms with Gasteiger partial charge in [0.1, 0.15) is 6.10 Å². The Morgan fingerprint density at radius 2 is 1.57 bits per heavy atom. The first kappa shape index (κ1) is 37.6. The van der Waals surface area contributed by atoms with Gasteiger partial charge < -0.3 is 14.7 Å². The topological polar surface area (TPSA) is 66.8 Å². The number of aliphatic carboxylic acids is 1. The summed E-state index contributed by atoms with van der Waals surface area (Å²) in [5, 5.41) is 9.35.